The van der Waals surface area contributed by atoms with Crippen molar-refractivity contribution >= 4 is 11.7 Å². The van der Waals surface area contributed by atoms with Crippen LogP contribution >= 0.6 is 0 Å². The number of nitrogens with zero attached hydrogens (tertiary/aromatic N) is 2. The third kappa shape index (κ3) is 1.98. The van der Waals surface area contributed by atoms with Crippen molar-refractivity contribution in [2.45, 2.75) is 32.2 Å². The Morgan fingerprint density at radius 1 is 1.31 bits per heavy atom. The van der Waals surface area contributed by atoms with E-state index >= 15 is 0 Å². The molecule has 0 spiro atoms. The van der Waals surface area contributed by atoms with Gasteiger partial charge in [-0.15, -0.1) is 0 Å². The van der Waals surface area contributed by atoms with Crippen molar-refractivity contribution in [1.29, 1.82) is 0 Å². The van der Waals surface area contributed by atoms with Gasteiger partial charge in [-0.2, -0.15) is 0 Å². The molecule has 1 amide bonds. The molecule has 2 unspecified atom stereocenters. The Morgan fingerprint density at radius 2 is 2.06 bits per heavy atom. The normalized spacial score (nSPS) is 32.5. The molecule has 2 aliphatic heterocycles. The lowest BCUT2D eigenvalue weighted by molar-refractivity contribution is -0.135. The molecule has 0 N–H and O–H groups in total. The number of piperidine rings is 1. The quantitative estimate of drug-likeness (QED) is 0.686. The number of likely N-dealkylation sites (tertiary alicyclic amines) is 2. The number of ketones is 1. The second-order valence-electron chi connectivity index (χ2n) is 4.88. The molecule has 0 aromatic heterocycles. The van der Waals surface area contributed by atoms with Gasteiger partial charge in [-0.05, 0) is 12.8 Å². The number of carbonyl (C=O) groups is 2. The summed E-state index contributed by atoms with van der Waals surface area (Å²) in [5, 5.41) is 0. The third-order valence-corrected chi connectivity index (χ3v) is 3.89. The van der Waals surface area contributed by atoms with E-state index in [2.05, 4.69) is 11.8 Å². The van der Waals surface area contributed by atoms with Gasteiger partial charge in [0, 0.05) is 39.0 Å². The van der Waals surface area contributed by atoms with Crippen LogP contribution in [0.1, 0.15) is 26.2 Å². The first kappa shape index (κ1) is 11.6. The zero-order valence-electron chi connectivity index (χ0n) is 10.1. The first-order valence-electron chi connectivity index (χ1n) is 6.15. The Balaban J connectivity index is 2.01. The van der Waals surface area contributed by atoms with E-state index in [1.165, 1.54) is 0 Å². The molecule has 0 bridgehead atoms. The van der Waals surface area contributed by atoms with Gasteiger partial charge in [0.05, 0.1) is 6.04 Å². The topological polar surface area (TPSA) is 40.6 Å². The minimum absolute atomic E-state index is 0.0344. The van der Waals surface area contributed by atoms with Gasteiger partial charge >= 0.3 is 0 Å². The fourth-order valence-electron chi connectivity index (χ4n) is 2.72. The van der Waals surface area contributed by atoms with Gasteiger partial charge in [0.1, 0.15) is 5.78 Å². The van der Waals surface area contributed by atoms with Gasteiger partial charge in [0.2, 0.25) is 5.91 Å². The van der Waals surface area contributed by atoms with E-state index in [4.69, 9.17) is 0 Å². The highest BCUT2D eigenvalue weighted by Gasteiger charge is 2.37. The zero-order valence-corrected chi connectivity index (χ0v) is 10.1. The van der Waals surface area contributed by atoms with Crippen LogP contribution in [0.2, 0.25) is 0 Å². The number of carbonyl (C=O) groups excluding carboxylic acids is 2. The minimum atomic E-state index is 0.0344. The Morgan fingerprint density at radius 3 is 2.62 bits per heavy atom. The molecule has 90 valence electrons. The summed E-state index contributed by atoms with van der Waals surface area (Å²) < 4.78 is 0. The average Bonchev–Trinajstić information content (AvgIpc) is 2.61. The predicted octanol–water partition coefficient (Wildman–Crippen LogP) is 0.518. The maximum absolute atomic E-state index is 11.9. The molecule has 2 saturated heterocycles. The number of amides is 1. The highest BCUT2D eigenvalue weighted by atomic mass is 16.2. The van der Waals surface area contributed by atoms with Gasteiger partial charge in [0.15, 0.2) is 0 Å². The van der Waals surface area contributed by atoms with Crippen molar-refractivity contribution < 1.29 is 9.59 Å². The summed E-state index contributed by atoms with van der Waals surface area (Å²) in [6, 6.07) is 0.0344. The molecule has 16 heavy (non-hydrogen) atoms. The highest BCUT2D eigenvalue weighted by molar-refractivity contribution is 5.85. The molecule has 0 saturated carbocycles. The molecule has 0 aliphatic carbocycles. The summed E-state index contributed by atoms with van der Waals surface area (Å²) in [7, 11) is 1.86. The summed E-state index contributed by atoms with van der Waals surface area (Å²) in [5.41, 5.74) is 0. The largest absolute Gasteiger partial charge is 0.344 e. The van der Waals surface area contributed by atoms with Gasteiger partial charge in [-0.3, -0.25) is 14.5 Å². The molecule has 4 nitrogen and oxygen atoms in total. The first-order chi connectivity index (χ1) is 7.63. The molecular weight excluding hydrogens is 204 g/mol. The molecule has 4 heteroatoms. The van der Waals surface area contributed by atoms with E-state index < -0.39 is 0 Å². The number of likely N-dealkylation sites (N-methyl/N-ethyl adjacent to an activating group) is 1. The molecule has 2 rings (SSSR count). The summed E-state index contributed by atoms with van der Waals surface area (Å²) in [4.78, 5) is 27.5. The van der Waals surface area contributed by atoms with Crippen LogP contribution in [0.4, 0.5) is 0 Å². The van der Waals surface area contributed by atoms with Crippen molar-refractivity contribution in [3.8, 4) is 0 Å². The smallest absolute Gasteiger partial charge is 0.239 e. The number of rotatable bonds is 2. The second-order valence-corrected chi connectivity index (χ2v) is 4.88. The van der Waals surface area contributed by atoms with Crippen LogP contribution in [0.25, 0.3) is 0 Å². The molecule has 2 atom stereocenters. The lowest BCUT2D eigenvalue weighted by Gasteiger charge is -2.34. The summed E-state index contributed by atoms with van der Waals surface area (Å²) in [6.07, 6.45) is 2.43. The summed E-state index contributed by atoms with van der Waals surface area (Å²) in [5.74, 6) is 0.745. The first-order valence-corrected chi connectivity index (χ1v) is 6.15. The van der Waals surface area contributed by atoms with E-state index in [1.807, 2.05) is 7.05 Å². The maximum atomic E-state index is 11.9. The van der Waals surface area contributed by atoms with Crippen LogP contribution in [0.15, 0.2) is 0 Å². The summed E-state index contributed by atoms with van der Waals surface area (Å²) in [6.45, 7) is 4.44. The van der Waals surface area contributed by atoms with Crippen molar-refractivity contribution in [3.63, 3.8) is 0 Å². The molecule has 2 aliphatic rings. The van der Waals surface area contributed by atoms with Gasteiger partial charge in [-0.1, -0.05) is 6.92 Å². The fraction of sp³-hybridized carbons (Fsp3) is 0.833. The monoisotopic (exact) mass is 224 g/mol. The van der Waals surface area contributed by atoms with Gasteiger partial charge in [-0.25, -0.2) is 0 Å². The lowest BCUT2D eigenvalue weighted by Crippen LogP contribution is -2.48. The van der Waals surface area contributed by atoms with E-state index in [0.29, 0.717) is 12.2 Å². The second kappa shape index (κ2) is 4.53. The van der Waals surface area contributed by atoms with E-state index in [0.717, 1.165) is 32.5 Å². The minimum Gasteiger partial charge on any atom is -0.344 e. The molecular formula is C12H20N2O2. The average molecular weight is 224 g/mol. The van der Waals surface area contributed by atoms with E-state index in [-0.39, 0.29) is 17.9 Å². The molecule has 0 aromatic carbocycles. The Bertz CT molecular complexity index is 303. The van der Waals surface area contributed by atoms with Gasteiger partial charge in [0.25, 0.3) is 0 Å². The SMILES string of the molecule is CCC1CN(C2CCN(C)C2=O)CCC1=O. The van der Waals surface area contributed by atoms with Crippen LogP contribution in [-0.2, 0) is 9.59 Å². The van der Waals surface area contributed by atoms with E-state index in [1.54, 1.807) is 4.90 Å². The lowest BCUT2D eigenvalue weighted by atomic mass is 9.93. The van der Waals surface area contributed by atoms with Crippen LogP contribution in [-0.4, -0.2) is 54.2 Å². The van der Waals surface area contributed by atoms with Gasteiger partial charge < -0.3 is 4.90 Å². The highest BCUT2D eigenvalue weighted by Crippen LogP contribution is 2.23. The third-order valence-electron chi connectivity index (χ3n) is 3.89. The molecule has 2 fully saturated rings. The Labute approximate surface area is 96.6 Å². The Hall–Kier alpha value is -0.900. The predicted molar refractivity (Wildman–Crippen MR) is 61.0 cm³/mol. The number of hydrogen-bond acceptors (Lipinski definition) is 3. The summed E-state index contributed by atoms with van der Waals surface area (Å²) >= 11 is 0. The van der Waals surface area contributed by atoms with Crippen molar-refractivity contribution in [2.75, 3.05) is 26.7 Å². The van der Waals surface area contributed by atoms with Crippen molar-refractivity contribution in [2.24, 2.45) is 5.92 Å². The fourth-order valence-corrected chi connectivity index (χ4v) is 2.72. The van der Waals surface area contributed by atoms with Crippen molar-refractivity contribution in [3.05, 3.63) is 0 Å². The maximum Gasteiger partial charge on any atom is 0.239 e. The van der Waals surface area contributed by atoms with Crippen LogP contribution in [0.3, 0.4) is 0 Å². The number of Topliss-reactive ketones (excluding diaryl/α,β-unsaturated/α-hetero) is 1. The van der Waals surface area contributed by atoms with Crippen LogP contribution < -0.4 is 0 Å². The molecule has 0 aromatic rings. The van der Waals surface area contributed by atoms with Crippen LogP contribution in [0, 0.1) is 5.92 Å². The molecule has 2 heterocycles. The molecule has 0 radical (unpaired) electrons. The standard InChI is InChI=1S/C12H20N2O2/c1-3-9-8-14(7-5-11(9)15)10-4-6-13(2)12(10)16/h9-10H,3-8H2,1-2H3. The van der Waals surface area contributed by atoms with Crippen LogP contribution in [0.5, 0.6) is 0 Å². The number of hydrogen-bond donors (Lipinski definition) is 0. The van der Waals surface area contributed by atoms with E-state index in [9.17, 15) is 9.59 Å². The Kier molecular flexibility index (Phi) is 3.28. The van der Waals surface area contributed by atoms with Crippen molar-refractivity contribution in [1.82, 2.24) is 9.80 Å². The zero-order chi connectivity index (χ0) is 11.7.